The van der Waals surface area contributed by atoms with Crippen LogP contribution in [0, 0.1) is 0 Å². The summed E-state index contributed by atoms with van der Waals surface area (Å²) in [6.07, 6.45) is 1.63. The molecule has 2 aromatic rings. The standard InChI is InChI=1S/C13H19ClN5O4PS/c1-3-22-24(20,23-4-2)13-21-6-8(25-13)5-19-7-16-9-10(14)17-12(15)18-11(9)19/h7-8,13H,3-6H2,1-2H3,(H2,15,17,18). The average molecular weight is 408 g/mol. The molecule has 0 radical (unpaired) electrons. The topological polar surface area (TPSA) is 114 Å². The van der Waals surface area contributed by atoms with Gasteiger partial charge in [-0.2, -0.15) is 9.97 Å². The molecule has 2 atom stereocenters. The number of nitrogens with two attached hydrogens (primary N) is 1. The molecule has 1 aliphatic rings. The zero-order valence-corrected chi connectivity index (χ0v) is 16.3. The van der Waals surface area contributed by atoms with Crippen LogP contribution in [0.4, 0.5) is 5.95 Å². The lowest BCUT2D eigenvalue weighted by molar-refractivity contribution is 0.128. The van der Waals surface area contributed by atoms with Gasteiger partial charge in [0.1, 0.15) is 5.52 Å². The van der Waals surface area contributed by atoms with E-state index in [1.54, 1.807) is 20.2 Å². The molecule has 3 rings (SSSR count). The fourth-order valence-electron chi connectivity index (χ4n) is 2.49. The number of imidazole rings is 1. The molecule has 0 bridgehead atoms. The van der Waals surface area contributed by atoms with Gasteiger partial charge < -0.3 is 24.1 Å². The second-order valence-electron chi connectivity index (χ2n) is 5.22. The molecule has 9 nitrogen and oxygen atoms in total. The quantitative estimate of drug-likeness (QED) is 0.546. The third kappa shape index (κ3) is 3.94. The Kier molecular flexibility index (Phi) is 5.87. The molecule has 2 aromatic heterocycles. The van der Waals surface area contributed by atoms with Crippen molar-refractivity contribution in [3.8, 4) is 0 Å². The summed E-state index contributed by atoms with van der Waals surface area (Å²) in [5.74, 6) is 0.0876. The van der Waals surface area contributed by atoms with Gasteiger partial charge in [0.15, 0.2) is 10.8 Å². The molecule has 1 aliphatic heterocycles. The summed E-state index contributed by atoms with van der Waals surface area (Å²) in [5.41, 5.74) is 6.71. The van der Waals surface area contributed by atoms with Crippen molar-refractivity contribution in [2.75, 3.05) is 25.6 Å². The highest BCUT2D eigenvalue weighted by Gasteiger charge is 2.43. The van der Waals surface area contributed by atoms with E-state index >= 15 is 0 Å². The number of thioether (sulfide) groups is 1. The van der Waals surface area contributed by atoms with Crippen molar-refractivity contribution in [1.82, 2.24) is 19.5 Å². The Bertz CT molecular complexity index is 796. The second-order valence-corrected chi connectivity index (χ2v) is 9.36. The number of nitrogens with zero attached hydrogens (tertiary/aromatic N) is 4. The molecular formula is C13H19ClN5O4PS. The van der Waals surface area contributed by atoms with Crippen molar-refractivity contribution in [3.63, 3.8) is 0 Å². The molecule has 0 aliphatic carbocycles. The van der Waals surface area contributed by atoms with Gasteiger partial charge >= 0.3 is 7.60 Å². The largest absolute Gasteiger partial charge is 0.369 e. The number of hydrogen-bond acceptors (Lipinski definition) is 9. The van der Waals surface area contributed by atoms with Crippen LogP contribution in [0.15, 0.2) is 6.33 Å². The molecule has 138 valence electrons. The van der Waals surface area contributed by atoms with Crippen LogP contribution in [0.2, 0.25) is 5.15 Å². The smallest absolute Gasteiger partial charge is 0.368 e. The van der Waals surface area contributed by atoms with Crippen LogP contribution in [0.5, 0.6) is 0 Å². The summed E-state index contributed by atoms with van der Waals surface area (Å²) in [6.45, 7) is 5.09. The average Bonchev–Trinajstić information content (AvgIpc) is 3.16. The molecule has 12 heteroatoms. The van der Waals surface area contributed by atoms with E-state index in [1.807, 2.05) is 4.57 Å². The predicted molar refractivity (Wildman–Crippen MR) is 96.7 cm³/mol. The molecular weight excluding hydrogens is 389 g/mol. The van der Waals surface area contributed by atoms with Crippen molar-refractivity contribution >= 4 is 48.1 Å². The normalized spacial score (nSPS) is 21.2. The molecule has 0 spiro atoms. The van der Waals surface area contributed by atoms with Crippen molar-refractivity contribution in [2.24, 2.45) is 0 Å². The van der Waals surface area contributed by atoms with Crippen LogP contribution in [-0.4, -0.2) is 49.8 Å². The van der Waals surface area contributed by atoms with Crippen molar-refractivity contribution in [3.05, 3.63) is 11.5 Å². The zero-order valence-electron chi connectivity index (χ0n) is 13.8. The third-order valence-corrected chi connectivity index (χ3v) is 7.79. The van der Waals surface area contributed by atoms with Crippen molar-refractivity contribution in [1.29, 1.82) is 0 Å². The number of nitrogen functional groups attached to an aromatic ring is 1. The maximum absolute atomic E-state index is 12.8. The Labute approximate surface area is 154 Å². The number of halogens is 1. The van der Waals surface area contributed by atoms with Crippen LogP contribution < -0.4 is 5.73 Å². The summed E-state index contributed by atoms with van der Waals surface area (Å²) in [7, 11) is -3.31. The van der Waals surface area contributed by atoms with Gasteiger partial charge in [0.2, 0.25) is 11.1 Å². The van der Waals surface area contributed by atoms with Crippen LogP contribution in [0.25, 0.3) is 11.2 Å². The van der Waals surface area contributed by atoms with E-state index < -0.39 is 12.8 Å². The Morgan fingerprint density at radius 2 is 2.16 bits per heavy atom. The van der Waals surface area contributed by atoms with Gasteiger partial charge in [-0.3, -0.25) is 4.57 Å². The van der Waals surface area contributed by atoms with Crippen LogP contribution in [0.1, 0.15) is 13.8 Å². The maximum Gasteiger partial charge on any atom is 0.369 e. The van der Waals surface area contributed by atoms with Gasteiger partial charge in [0.05, 0.1) is 26.1 Å². The molecule has 2 unspecified atom stereocenters. The summed E-state index contributed by atoms with van der Waals surface area (Å²) < 4.78 is 31.0. The molecule has 0 saturated carbocycles. The number of ether oxygens (including phenoxy) is 1. The Hall–Kier alpha value is -0.900. The summed E-state index contributed by atoms with van der Waals surface area (Å²) in [4.78, 5) is 12.3. The van der Waals surface area contributed by atoms with Gasteiger partial charge in [-0.05, 0) is 13.8 Å². The summed E-state index contributed by atoms with van der Waals surface area (Å²) in [6, 6.07) is 0. The second kappa shape index (κ2) is 7.77. The Balaban J connectivity index is 1.74. The number of fused-ring (bicyclic) bond motifs is 1. The zero-order chi connectivity index (χ0) is 18.0. The monoisotopic (exact) mass is 407 g/mol. The first kappa shape index (κ1) is 18.9. The van der Waals surface area contributed by atoms with Crippen LogP contribution in [0.3, 0.4) is 0 Å². The van der Waals surface area contributed by atoms with E-state index in [2.05, 4.69) is 15.0 Å². The summed E-state index contributed by atoms with van der Waals surface area (Å²) in [5, 5.41) is -0.395. The van der Waals surface area contributed by atoms with Gasteiger partial charge in [-0.25, -0.2) is 4.98 Å². The Morgan fingerprint density at radius 3 is 2.84 bits per heavy atom. The lowest BCUT2D eigenvalue weighted by Gasteiger charge is -2.21. The van der Waals surface area contributed by atoms with E-state index in [-0.39, 0.29) is 16.4 Å². The van der Waals surface area contributed by atoms with Gasteiger partial charge in [0.25, 0.3) is 0 Å². The molecule has 25 heavy (non-hydrogen) atoms. The molecule has 2 N–H and O–H groups in total. The van der Waals surface area contributed by atoms with Gasteiger partial charge in [-0.1, -0.05) is 11.6 Å². The number of aromatic nitrogens is 4. The first-order chi connectivity index (χ1) is 12.0. The van der Waals surface area contributed by atoms with Crippen LogP contribution in [-0.2, 0) is 24.9 Å². The first-order valence-electron chi connectivity index (χ1n) is 7.76. The number of hydrogen-bond donors (Lipinski definition) is 1. The van der Waals surface area contributed by atoms with Crippen molar-refractivity contribution < 1.29 is 18.3 Å². The fourth-order valence-corrected chi connectivity index (χ4v) is 6.39. The van der Waals surface area contributed by atoms with E-state index in [1.165, 1.54) is 11.8 Å². The maximum atomic E-state index is 12.8. The van der Waals surface area contributed by atoms with E-state index in [0.717, 1.165) is 0 Å². The minimum atomic E-state index is -3.31. The van der Waals surface area contributed by atoms with Crippen LogP contribution >= 0.6 is 31.0 Å². The van der Waals surface area contributed by atoms with E-state index in [4.69, 9.17) is 31.1 Å². The predicted octanol–water partition coefficient (Wildman–Crippen LogP) is 2.74. The number of rotatable bonds is 7. The van der Waals surface area contributed by atoms with Gasteiger partial charge in [-0.15, -0.1) is 11.8 Å². The lowest BCUT2D eigenvalue weighted by atomic mass is 10.4. The molecule has 1 fully saturated rings. The molecule has 0 aromatic carbocycles. The summed E-state index contributed by atoms with van der Waals surface area (Å²) >= 11 is 7.46. The highest BCUT2D eigenvalue weighted by molar-refractivity contribution is 8.06. The highest BCUT2D eigenvalue weighted by atomic mass is 35.5. The van der Waals surface area contributed by atoms with E-state index in [9.17, 15) is 4.57 Å². The Morgan fingerprint density at radius 1 is 1.44 bits per heavy atom. The van der Waals surface area contributed by atoms with Crippen molar-refractivity contribution in [2.45, 2.75) is 30.8 Å². The first-order valence-corrected chi connectivity index (χ1v) is 10.7. The third-order valence-electron chi connectivity index (χ3n) is 3.45. The molecule has 0 amide bonds. The minimum absolute atomic E-state index is 0.0339. The fraction of sp³-hybridized carbons (Fsp3) is 0.615. The van der Waals surface area contributed by atoms with Gasteiger partial charge in [0, 0.05) is 11.8 Å². The molecule has 3 heterocycles. The number of anilines is 1. The highest BCUT2D eigenvalue weighted by Crippen LogP contribution is 2.60. The SMILES string of the molecule is CCOP(=O)(OCC)C1OCC(Cn2cnc3c(Cl)nc(N)nc32)S1. The lowest BCUT2D eigenvalue weighted by Crippen LogP contribution is -2.13. The van der Waals surface area contributed by atoms with E-state index in [0.29, 0.717) is 37.5 Å². The minimum Gasteiger partial charge on any atom is -0.368 e. The molecule has 1 saturated heterocycles.